The van der Waals surface area contributed by atoms with E-state index in [-0.39, 0.29) is 0 Å². The monoisotopic (exact) mass is 276 g/mol. The van der Waals surface area contributed by atoms with E-state index < -0.39 is 34.4 Å². The number of quaternary nitrogens is 2. The molecule has 11 heteroatoms. The number of carboxylic acid groups (broad SMARTS) is 2. The number of carboxylic acids is 2. The summed E-state index contributed by atoms with van der Waals surface area (Å²) in [5, 5.41) is 15.9. The van der Waals surface area contributed by atoms with Crippen LogP contribution in [0.15, 0.2) is 0 Å². The zero-order valence-electron chi connectivity index (χ0n) is 9.32. The quantitative estimate of drug-likeness (QED) is 0.288. The molecular formula is C6H16N2O8S. The minimum Gasteiger partial charge on any atom is -0.759 e. The van der Waals surface area contributed by atoms with Gasteiger partial charge in [-0.15, -0.1) is 0 Å². The summed E-state index contributed by atoms with van der Waals surface area (Å²) in [5.41, 5.74) is 6.48. The summed E-state index contributed by atoms with van der Waals surface area (Å²) in [6.07, 6.45) is 0. The molecule has 2 unspecified atom stereocenters. The first kappa shape index (κ1) is 21.1. The molecule has 104 valence electrons. The lowest BCUT2D eigenvalue weighted by atomic mass is 10.4. The van der Waals surface area contributed by atoms with Gasteiger partial charge in [-0.25, -0.2) is 9.59 Å². The van der Waals surface area contributed by atoms with E-state index >= 15 is 0 Å². The second kappa shape index (κ2) is 9.92. The number of carbonyl (C=O) groups is 2. The average Bonchev–Trinajstić information content (AvgIpc) is 2.01. The molecule has 0 fully saturated rings. The number of hydrogen-bond acceptors (Lipinski definition) is 6. The van der Waals surface area contributed by atoms with Gasteiger partial charge in [0.05, 0.1) is 0 Å². The summed E-state index contributed by atoms with van der Waals surface area (Å²) >= 11 is 0. The summed E-state index contributed by atoms with van der Waals surface area (Å²) in [7, 11) is -5.17. The normalized spacial score (nSPS) is 13.1. The van der Waals surface area contributed by atoms with Gasteiger partial charge in [-0.05, 0) is 13.8 Å². The fourth-order valence-electron chi connectivity index (χ4n) is 0. The van der Waals surface area contributed by atoms with Gasteiger partial charge in [0.25, 0.3) is 0 Å². The molecule has 0 saturated heterocycles. The third-order valence-corrected chi connectivity index (χ3v) is 0.843. The fraction of sp³-hybridized carbons (Fsp3) is 0.667. The maximum atomic E-state index is 9.64. The molecule has 0 aromatic carbocycles. The summed E-state index contributed by atoms with van der Waals surface area (Å²) in [6.45, 7) is 3.06. The predicted octanol–water partition coefficient (Wildman–Crippen LogP) is -3.94. The third kappa shape index (κ3) is 52.7. The van der Waals surface area contributed by atoms with Crippen LogP contribution < -0.4 is 11.5 Å². The maximum absolute atomic E-state index is 9.64. The first-order valence-electron chi connectivity index (χ1n) is 4.07. The van der Waals surface area contributed by atoms with Crippen LogP contribution in [-0.4, -0.2) is 51.8 Å². The fourth-order valence-corrected chi connectivity index (χ4v) is 0. The lowest BCUT2D eigenvalue weighted by Crippen LogP contribution is -2.63. The number of rotatable bonds is 2. The Kier molecular flexibility index (Phi) is 12.3. The molecule has 0 bridgehead atoms. The molecule has 0 aliphatic carbocycles. The lowest BCUT2D eigenvalue weighted by molar-refractivity contribution is -0.402. The Morgan fingerprint density at radius 3 is 1.06 bits per heavy atom. The zero-order chi connectivity index (χ0) is 14.8. The molecule has 10 nitrogen and oxygen atoms in total. The molecule has 0 spiro atoms. The summed E-state index contributed by atoms with van der Waals surface area (Å²) < 4.78 is 34.1. The van der Waals surface area contributed by atoms with Crippen LogP contribution in [0.2, 0.25) is 0 Å². The molecule has 0 heterocycles. The molecule has 0 aromatic rings. The van der Waals surface area contributed by atoms with Crippen molar-refractivity contribution in [3.05, 3.63) is 0 Å². The van der Waals surface area contributed by atoms with E-state index in [0.717, 1.165) is 0 Å². The van der Waals surface area contributed by atoms with Crippen LogP contribution >= 0.6 is 0 Å². The Bertz CT molecular complexity index is 297. The van der Waals surface area contributed by atoms with E-state index in [1.165, 1.54) is 13.8 Å². The third-order valence-electron chi connectivity index (χ3n) is 0.843. The van der Waals surface area contributed by atoms with Crippen LogP contribution in [0, 0.1) is 0 Å². The highest BCUT2D eigenvalue weighted by Gasteiger charge is 2.04. The molecule has 0 saturated carbocycles. The molecule has 2 atom stereocenters. The summed E-state index contributed by atoms with van der Waals surface area (Å²) in [4.78, 5) is 19.3. The number of hydrogen-bond donors (Lipinski definition) is 4. The predicted molar refractivity (Wildman–Crippen MR) is 50.4 cm³/mol. The summed E-state index contributed by atoms with van der Waals surface area (Å²) in [6, 6.07) is -0.963. The van der Waals surface area contributed by atoms with Gasteiger partial charge in [0.2, 0.25) is 0 Å². The smallest absolute Gasteiger partial charge is 0.362 e. The molecule has 0 rings (SSSR count). The van der Waals surface area contributed by atoms with Crippen LogP contribution in [-0.2, 0) is 20.0 Å². The van der Waals surface area contributed by atoms with Crippen LogP contribution in [0.1, 0.15) is 13.8 Å². The molecular weight excluding hydrogens is 260 g/mol. The Labute approximate surface area is 97.8 Å². The van der Waals surface area contributed by atoms with Gasteiger partial charge < -0.3 is 30.8 Å². The van der Waals surface area contributed by atoms with Crippen molar-refractivity contribution in [3.8, 4) is 0 Å². The molecule has 0 aromatic heterocycles. The van der Waals surface area contributed by atoms with Crippen LogP contribution in [0.25, 0.3) is 0 Å². The largest absolute Gasteiger partial charge is 0.759 e. The second-order valence-corrected chi connectivity index (χ2v) is 3.70. The maximum Gasteiger partial charge on any atom is 0.362 e. The van der Waals surface area contributed by atoms with Gasteiger partial charge in [0, 0.05) is 10.4 Å². The molecule has 0 amide bonds. The average molecular weight is 276 g/mol. The van der Waals surface area contributed by atoms with E-state index in [9.17, 15) is 9.59 Å². The van der Waals surface area contributed by atoms with Crippen molar-refractivity contribution >= 4 is 22.3 Å². The van der Waals surface area contributed by atoms with Crippen LogP contribution in [0.4, 0.5) is 0 Å². The molecule has 17 heavy (non-hydrogen) atoms. The Morgan fingerprint density at radius 2 is 1.06 bits per heavy atom. The first-order valence-corrected chi connectivity index (χ1v) is 5.40. The van der Waals surface area contributed by atoms with Gasteiger partial charge in [-0.2, -0.15) is 0 Å². The molecule has 8 N–H and O–H groups in total. The standard InChI is InChI=1S/2C3H7NO2.H2O4S/c2*1-2(4)3(5)6;1-5(2,3)4/h2*2H,4H2,1H3,(H,5,6);(H2,1,2,3,4). The minimum atomic E-state index is -5.17. The van der Waals surface area contributed by atoms with Crippen molar-refractivity contribution in [2.45, 2.75) is 25.9 Å². The van der Waals surface area contributed by atoms with Crippen LogP contribution in [0.5, 0.6) is 0 Å². The Morgan fingerprint density at radius 1 is 1.00 bits per heavy atom. The highest BCUT2D eigenvalue weighted by molar-refractivity contribution is 7.79. The van der Waals surface area contributed by atoms with E-state index in [0.29, 0.717) is 0 Å². The van der Waals surface area contributed by atoms with Crippen molar-refractivity contribution in [2.24, 2.45) is 0 Å². The van der Waals surface area contributed by atoms with Crippen molar-refractivity contribution in [2.75, 3.05) is 0 Å². The highest BCUT2D eigenvalue weighted by Crippen LogP contribution is 1.65. The lowest BCUT2D eigenvalue weighted by Gasteiger charge is -2.06. The van der Waals surface area contributed by atoms with Crippen molar-refractivity contribution in [1.82, 2.24) is 0 Å². The van der Waals surface area contributed by atoms with E-state index in [1.54, 1.807) is 0 Å². The van der Waals surface area contributed by atoms with Gasteiger partial charge in [-0.3, -0.25) is 8.42 Å². The Balaban J connectivity index is -0.000000174. The summed E-state index contributed by atoms with van der Waals surface area (Å²) in [5.74, 6) is -1.70. The Hall–Kier alpha value is -1.27. The van der Waals surface area contributed by atoms with Crippen molar-refractivity contribution < 1.29 is 48.8 Å². The van der Waals surface area contributed by atoms with E-state index in [2.05, 4.69) is 11.5 Å². The second-order valence-electron chi connectivity index (χ2n) is 2.89. The van der Waals surface area contributed by atoms with Gasteiger partial charge in [0.15, 0.2) is 12.1 Å². The zero-order valence-corrected chi connectivity index (χ0v) is 10.1. The van der Waals surface area contributed by atoms with E-state index in [4.69, 9.17) is 27.7 Å². The SMILES string of the molecule is CC([NH3+])C(=O)O.CC([NH3+])C(=O)O.O=S(=O)([O-])[O-]. The van der Waals surface area contributed by atoms with Gasteiger partial charge in [0.1, 0.15) is 0 Å². The minimum absolute atomic E-state index is 0.481. The van der Waals surface area contributed by atoms with E-state index in [1.807, 2.05) is 0 Å². The molecule has 0 aliphatic heterocycles. The van der Waals surface area contributed by atoms with Gasteiger partial charge in [-0.1, -0.05) is 0 Å². The molecule has 0 radical (unpaired) electrons. The topological polar surface area (TPSA) is 210 Å². The first-order chi connectivity index (χ1) is 7.29. The number of aliphatic carboxylic acids is 2. The van der Waals surface area contributed by atoms with Crippen molar-refractivity contribution in [3.63, 3.8) is 0 Å². The van der Waals surface area contributed by atoms with Crippen molar-refractivity contribution in [1.29, 1.82) is 0 Å². The highest BCUT2D eigenvalue weighted by atomic mass is 32.3. The van der Waals surface area contributed by atoms with Crippen LogP contribution in [0.3, 0.4) is 0 Å². The van der Waals surface area contributed by atoms with Gasteiger partial charge >= 0.3 is 11.9 Å². The molecule has 0 aliphatic rings.